The molecule has 134 valence electrons. The van der Waals surface area contributed by atoms with Gasteiger partial charge in [-0.15, -0.1) is 0 Å². The van der Waals surface area contributed by atoms with Crippen molar-refractivity contribution in [3.05, 3.63) is 63.8 Å². The fourth-order valence-electron chi connectivity index (χ4n) is 2.43. The summed E-state index contributed by atoms with van der Waals surface area (Å²) < 4.78 is 10.8. The van der Waals surface area contributed by atoms with Gasteiger partial charge in [-0.05, 0) is 55.0 Å². The molecule has 0 radical (unpaired) electrons. The van der Waals surface area contributed by atoms with Crippen molar-refractivity contribution in [1.29, 1.82) is 0 Å². The molecule has 0 aliphatic rings. The molecule has 0 aliphatic heterocycles. The molecule has 0 unspecified atom stereocenters. The van der Waals surface area contributed by atoms with Crippen LogP contribution in [-0.2, 0) is 0 Å². The molecule has 2 aromatic carbocycles. The van der Waals surface area contributed by atoms with Crippen LogP contribution in [0.5, 0.6) is 5.75 Å². The van der Waals surface area contributed by atoms with Crippen LogP contribution in [0.1, 0.15) is 16.1 Å². The summed E-state index contributed by atoms with van der Waals surface area (Å²) in [5, 5.41) is 3.67. The van der Waals surface area contributed by atoms with E-state index in [0.29, 0.717) is 32.9 Å². The Bertz CT molecular complexity index is 983. The number of carbonyl (C=O) groups excluding carboxylic acids is 1. The minimum atomic E-state index is -0.428. The summed E-state index contributed by atoms with van der Waals surface area (Å²) in [6, 6.07) is 11.8. The molecule has 26 heavy (non-hydrogen) atoms. The zero-order valence-corrected chi connectivity index (χ0v) is 15.6. The monoisotopic (exact) mass is 390 g/mol. The van der Waals surface area contributed by atoms with Crippen molar-refractivity contribution in [3.8, 4) is 17.1 Å². The van der Waals surface area contributed by atoms with Gasteiger partial charge >= 0.3 is 0 Å². The number of carbonyl (C=O) groups is 1. The molecular weight excluding hydrogens is 375 g/mol. The lowest BCUT2D eigenvalue weighted by Crippen LogP contribution is -2.12. The largest absolute Gasteiger partial charge is 0.495 e. The molecule has 5 nitrogen and oxygen atoms in total. The van der Waals surface area contributed by atoms with Gasteiger partial charge in [0.25, 0.3) is 5.91 Å². The maximum absolute atomic E-state index is 12.4. The average molecular weight is 391 g/mol. The van der Waals surface area contributed by atoms with Crippen molar-refractivity contribution >= 4 is 40.5 Å². The minimum absolute atomic E-state index is 0.142. The van der Waals surface area contributed by atoms with E-state index in [9.17, 15) is 4.79 Å². The normalized spacial score (nSPS) is 10.6. The Morgan fingerprint density at radius 2 is 1.88 bits per heavy atom. The van der Waals surface area contributed by atoms with Gasteiger partial charge < -0.3 is 20.2 Å². The van der Waals surface area contributed by atoms with Crippen LogP contribution < -0.4 is 15.8 Å². The third kappa shape index (κ3) is 3.64. The van der Waals surface area contributed by atoms with Crippen molar-refractivity contribution in [2.75, 3.05) is 18.2 Å². The molecule has 0 atom stereocenters. The highest BCUT2D eigenvalue weighted by Gasteiger charge is 2.15. The second-order valence-electron chi connectivity index (χ2n) is 5.66. The molecule has 3 aromatic rings. The number of amides is 1. The van der Waals surface area contributed by atoms with Crippen molar-refractivity contribution in [2.45, 2.75) is 6.92 Å². The van der Waals surface area contributed by atoms with Crippen molar-refractivity contribution < 1.29 is 13.9 Å². The van der Waals surface area contributed by atoms with E-state index < -0.39 is 5.91 Å². The average Bonchev–Trinajstić information content (AvgIpc) is 3.09. The van der Waals surface area contributed by atoms with E-state index in [4.69, 9.17) is 38.1 Å². The van der Waals surface area contributed by atoms with E-state index >= 15 is 0 Å². The number of furan rings is 1. The second-order valence-corrected chi connectivity index (χ2v) is 6.47. The van der Waals surface area contributed by atoms with Crippen LogP contribution in [0, 0.1) is 6.92 Å². The maximum atomic E-state index is 12.4. The number of ether oxygens (including phenoxy) is 1. The molecule has 3 rings (SSSR count). The molecule has 7 heteroatoms. The molecule has 0 aliphatic carbocycles. The Labute approximate surface area is 160 Å². The number of hydrogen-bond donors (Lipinski definition) is 2. The summed E-state index contributed by atoms with van der Waals surface area (Å²) >= 11 is 12.2. The molecule has 0 fully saturated rings. The van der Waals surface area contributed by atoms with E-state index in [-0.39, 0.29) is 5.76 Å². The predicted molar refractivity (Wildman–Crippen MR) is 104 cm³/mol. The van der Waals surface area contributed by atoms with Gasteiger partial charge in [-0.1, -0.05) is 23.2 Å². The minimum Gasteiger partial charge on any atom is -0.495 e. The number of nitrogens with one attached hydrogen (secondary N) is 1. The van der Waals surface area contributed by atoms with Crippen molar-refractivity contribution in [2.24, 2.45) is 0 Å². The third-order valence-electron chi connectivity index (χ3n) is 3.85. The molecule has 1 amide bonds. The molecule has 3 N–H and O–H groups in total. The first-order valence-corrected chi connectivity index (χ1v) is 8.45. The lowest BCUT2D eigenvalue weighted by molar-refractivity contribution is 0.0997. The number of hydrogen-bond acceptors (Lipinski definition) is 4. The van der Waals surface area contributed by atoms with E-state index in [2.05, 4.69) is 5.32 Å². The van der Waals surface area contributed by atoms with Gasteiger partial charge in [0.15, 0.2) is 5.76 Å². The Hall–Kier alpha value is -2.63. The fraction of sp³-hybridized carbons (Fsp3) is 0.105. The summed E-state index contributed by atoms with van der Waals surface area (Å²) in [5.41, 5.74) is 8.34. The summed E-state index contributed by atoms with van der Waals surface area (Å²) in [7, 11) is 1.54. The summed E-state index contributed by atoms with van der Waals surface area (Å²) in [6.07, 6.45) is 0. The highest BCUT2D eigenvalue weighted by molar-refractivity contribution is 6.32. The SMILES string of the molecule is COc1ccc(-c2ccc(C(=O)Nc3cc(Cl)c(C)cc3N)o2)cc1Cl. The molecule has 1 aromatic heterocycles. The maximum Gasteiger partial charge on any atom is 0.291 e. The van der Waals surface area contributed by atoms with Crippen LogP contribution in [-0.4, -0.2) is 13.0 Å². The topological polar surface area (TPSA) is 77.5 Å². The summed E-state index contributed by atoms with van der Waals surface area (Å²) in [5.74, 6) is 0.784. The second kappa shape index (κ2) is 7.32. The lowest BCUT2D eigenvalue weighted by atomic mass is 10.1. The smallest absolute Gasteiger partial charge is 0.291 e. The zero-order chi connectivity index (χ0) is 18.8. The highest BCUT2D eigenvalue weighted by Crippen LogP contribution is 2.32. The van der Waals surface area contributed by atoms with Gasteiger partial charge in [-0.25, -0.2) is 0 Å². The van der Waals surface area contributed by atoms with Crippen LogP contribution in [0.3, 0.4) is 0 Å². The van der Waals surface area contributed by atoms with E-state index in [1.54, 1.807) is 49.6 Å². The molecule has 0 saturated heterocycles. The van der Waals surface area contributed by atoms with E-state index in [1.807, 2.05) is 6.92 Å². The molecule has 0 saturated carbocycles. The highest BCUT2D eigenvalue weighted by atomic mass is 35.5. The Morgan fingerprint density at radius 3 is 2.58 bits per heavy atom. The predicted octanol–water partition coefficient (Wildman–Crippen LogP) is 5.40. The molecule has 0 bridgehead atoms. The van der Waals surface area contributed by atoms with E-state index in [1.165, 1.54) is 0 Å². The van der Waals surface area contributed by atoms with E-state index in [0.717, 1.165) is 11.1 Å². The Balaban J connectivity index is 1.82. The lowest BCUT2D eigenvalue weighted by Gasteiger charge is -2.09. The van der Waals surface area contributed by atoms with Crippen molar-refractivity contribution in [1.82, 2.24) is 0 Å². The van der Waals surface area contributed by atoms with Gasteiger partial charge in [0.2, 0.25) is 0 Å². The Kier molecular flexibility index (Phi) is 5.11. The third-order valence-corrected chi connectivity index (χ3v) is 4.55. The van der Waals surface area contributed by atoms with Gasteiger partial charge in [-0.2, -0.15) is 0 Å². The number of benzene rings is 2. The standard InChI is InChI=1S/C19H16Cl2N2O3/c1-10-7-14(22)15(9-12(10)20)23-19(24)18-6-5-16(26-18)11-3-4-17(25-2)13(21)8-11/h3-9H,22H2,1-2H3,(H,23,24). The summed E-state index contributed by atoms with van der Waals surface area (Å²) in [4.78, 5) is 12.4. The molecular formula is C19H16Cl2N2O3. The van der Waals surface area contributed by atoms with Crippen LogP contribution in [0.25, 0.3) is 11.3 Å². The molecule has 0 spiro atoms. The first kappa shape index (κ1) is 18.2. The van der Waals surface area contributed by atoms with Crippen LogP contribution in [0.2, 0.25) is 10.0 Å². The van der Waals surface area contributed by atoms with Gasteiger partial charge in [0.1, 0.15) is 11.5 Å². The van der Waals surface area contributed by atoms with Gasteiger partial charge in [0, 0.05) is 10.6 Å². The number of methoxy groups -OCH3 is 1. The zero-order valence-electron chi connectivity index (χ0n) is 14.1. The quantitative estimate of drug-likeness (QED) is 0.584. The first-order chi connectivity index (χ1) is 12.4. The summed E-state index contributed by atoms with van der Waals surface area (Å²) in [6.45, 7) is 1.84. The Morgan fingerprint density at radius 1 is 1.12 bits per heavy atom. The van der Waals surface area contributed by atoms with Gasteiger partial charge in [0.05, 0.1) is 23.5 Å². The van der Waals surface area contributed by atoms with Crippen LogP contribution >= 0.6 is 23.2 Å². The van der Waals surface area contributed by atoms with Crippen LogP contribution in [0.15, 0.2) is 46.9 Å². The first-order valence-electron chi connectivity index (χ1n) is 7.69. The number of halogens is 2. The number of nitrogens with two attached hydrogens (primary N) is 1. The number of aryl methyl sites for hydroxylation is 1. The molecule has 1 heterocycles. The number of nitrogen functional groups attached to an aromatic ring is 1. The number of anilines is 2. The van der Waals surface area contributed by atoms with Gasteiger partial charge in [-0.3, -0.25) is 4.79 Å². The van der Waals surface area contributed by atoms with Crippen LogP contribution in [0.4, 0.5) is 11.4 Å². The van der Waals surface area contributed by atoms with Crippen molar-refractivity contribution in [3.63, 3.8) is 0 Å². The number of rotatable bonds is 4. The fourth-order valence-corrected chi connectivity index (χ4v) is 2.85.